The third-order valence-electron chi connectivity index (χ3n) is 3.55. The molecule has 114 valence electrons. The van der Waals surface area contributed by atoms with Gasteiger partial charge in [0, 0.05) is 47.1 Å². The Hall–Kier alpha value is -2.08. The molecule has 1 N–H and O–H groups in total. The molecule has 0 radical (unpaired) electrons. The number of benzene rings is 1. The highest BCUT2D eigenvalue weighted by atomic mass is 79.9. The molecule has 2 heterocycles. The Morgan fingerprint density at radius 2 is 2.18 bits per heavy atom. The van der Waals surface area contributed by atoms with Gasteiger partial charge in [-0.3, -0.25) is 4.79 Å². The predicted octanol–water partition coefficient (Wildman–Crippen LogP) is 2.81. The lowest BCUT2D eigenvalue weighted by Gasteiger charge is -2.08. The number of aryl methyl sites for hydroxylation is 1. The molecule has 0 aliphatic rings. The van der Waals surface area contributed by atoms with Gasteiger partial charge in [0.1, 0.15) is 6.54 Å². The molecule has 0 fully saturated rings. The Labute approximate surface area is 137 Å². The Kier molecular flexibility index (Phi) is 4.58. The van der Waals surface area contributed by atoms with E-state index < -0.39 is 0 Å². The van der Waals surface area contributed by atoms with E-state index in [1.807, 2.05) is 45.8 Å². The number of carbonyl (C=O) groups excluding carboxylic acids is 1. The molecule has 0 aliphatic carbocycles. The molecule has 0 atom stereocenters. The number of amides is 1. The molecule has 22 heavy (non-hydrogen) atoms. The Morgan fingerprint density at radius 3 is 3.00 bits per heavy atom. The van der Waals surface area contributed by atoms with Gasteiger partial charge in [0.15, 0.2) is 0 Å². The molecule has 6 heteroatoms. The maximum absolute atomic E-state index is 12.0. The van der Waals surface area contributed by atoms with Crippen LogP contribution in [0.25, 0.3) is 10.9 Å². The first-order valence-electron chi connectivity index (χ1n) is 7.20. The van der Waals surface area contributed by atoms with Crippen LogP contribution in [0, 0.1) is 0 Å². The molecule has 5 nitrogen and oxygen atoms in total. The Bertz CT molecular complexity index is 764. The SMILES string of the molecule is O=C(Cn1ccc2c(Br)cccc21)NCCCn1ccnc1. The van der Waals surface area contributed by atoms with Gasteiger partial charge in [-0.25, -0.2) is 4.98 Å². The van der Waals surface area contributed by atoms with Crippen LogP contribution >= 0.6 is 15.9 Å². The zero-order chi connectivity index (χ0) is 15.4. The number of nitrogens with zero attached hydrogens (tertiary/aromatic N) is 3. The monoisotopic (exact) mass is 360 g/mol. The standard InChI is InChI=1S/C16H17BrN4O/c17-14-3-1-4-15-13(14)5-9-21(15)11-16(22)19-6-2-8-20-10-7-18-12-20/h1,3-5,7,9-10,12H,2,6,8,11H2,(H,19,22). The molecule has 3 aromatic rings. The number of hydrogen-bond acceptors (Lipinski definition) is 2. The lowest BCUT2D eigenvalue weighted by Crippen LogP contribution is -2.28. The molecule has 2 aromatic heterocycles. The summed E-state index contributed by atoms with van der Waals surface area (Å²) in [7, 11) is 0. The normalized spacial score (nSPS) is 11.0. The van der Waals surface area contributed by atoms with Gasteiger partial charge in [-0.15, -0.1) is 0 Å². The summed E-state index contributed by atoms with van der Waals surface area (Å²) in [5.74, 6) is 0.0307. The zero-order valence-electron chi connectivity index (χ0n) is 12.1. The first-order chi connectivity index (χ1) is 10.7. The van der Waals surface area contributed by atoms with Crippen molar-refractivity contribution in [3.05, 3.63) is 53.7 Å². The topological polar surface area (TPSA) is 51.9 Å². The second-order valence-corrected chi connectivity index (χ2v) is 5.97. The number of aromatic nitrogens is 3. The Morgan fingerprint density at radius 1 is 1.27 bits per heavy atom. The maximum Gasteiger partial charge on any atom is 0.239 e. The van der Waals surface area contributed by atoms with Gasteiger partial charge < -0.3 is 14.5 Å². The number of halogens is 1. The molecule has 0 saturated carbocycles. The van der Waals surface area contributed by atoms with Crippen molar-refractivity contribution in [3.8, 4) is 0 Å². The highest BCUT2D eigenvalue weighted by molar-refractivity contribution is 9.10. The van der Waals surface area contributed by atoms with Gasteiger partial charge in [0.05, 0.1) is 6.33 Å². The summed E-state index contributed by atoms with van der Waals surface area (Å²) in [5.41, 5.74) is 1.06. The summed E-state index contributed by atoms with van der Waals surface area (Å²) in [4.78, 5) is 16.0. The Balaban J connectivity index is 1.51. The van der Waals surface area contributed by atoms with Crippen LogP contribution in [0.5, 0.6) is 0 Å². The summed E-state index contributed by atoms with van der Waals surface area (Å²) < 4.78 is 5.01. The van der Waals surface area contributed by atoms with E-state index in [1.165, 1.54) is 0 Å². The number of carbonyl (C=O) groups is 1. The molecule has 0 unspecified atom stereocenters. The minimum Gasteiger partial charge on any atom is -0.354 e. The molecular weight excluding hydrogens is 344 g/mol. The van der Waals surface area contributed by atoms with Crippen LogP contribution in [0.1, 0.15) is 6.42 Å². The maximum atomic E-state index is 12.0. The van der Waals surface area contributed by atoms with E-state index in [2.05, 4.69) is 26.2 Å². The lowest BCUT2D eigenvalue weighted by atomic mass is 10.2. The lowest BCUT2D eigenvalue weighted by molar-refractivity contribution is -0.121. The fourth-order valence-corrected chi connectivity index (χ4v) is 2.93. The molecule has 0 saturated heterocycles. The molecular formula is C16H17BrN4O. The smallest absolute Gasteiger partial charge is 0.239 e. The fourth-order valence-electron chi connectivity index (χ4n) is 2.44. The van der Waals surface area contributed by atoms with Crippen LogP contribution < -0.4 is 5.32 Å². The average molecular weight is 361 g/mol. The third-order valence-corrected chi connectivity index (χ3v) is 4.24. The first-order valence-corrected chi connectivity index (χ1v) is 7.99. The molecule has 1 aromatic carbocycles. The highest BCUT2D eigenvalue weighted by Crippen LogP contribution is 2.24. The number of rotatable bonds is 6. The van der Waals surface area contributed by atoms with E-state index >= 15 is 0 Å². The van der Waals surface area contributed by atoms with Crippen LogP contribution in [0.4, 0.5) is 0 Å². The summed E-state index contributed by atoms with van der Waals surface area (Å²) in [5, 5.41) is 4.08. The second-order valence-electron chi connectivity index (χ2n) is 5.12. The summed E-state index contributed by atoms with van der Waals surface area (Å²) in [6, 6.07) is 8.02. The largest absolute Gasteiger partial charge is 0.354 e. The average Bonchev–Trinajstić information content (AvgIpc) is 3.15. The van der Waals surface area contributed by atoms with Crippen molar-refractivity contribution in [1.82, 2.24) is 19.4 Å². The summed E-state index contributed by atoms with van der Waals surface area (Å²) >= 11 is 3.53. The third kappa shape index (κ3) is 3.39. The van der Waals surface area contributed by atoms with Crippen LogP contribution in [0.3, 0.4) is 0 Å². The van der Waals surface area contributed by atoms with Gasteiger partial charge in [0.2, 0.25) is 5.91 Å². The van der Waals surface area contributed by atoms with Crippen LogP contribution in [-0.2, 0) is 17.9 Å². The highest BCUT2D eigenvalue weighted by Gasteiger charge is 2.07. The number of hydrogen-bond donors (Lipinski definition) is 1. The summed E-state index contributed by atoms with van der Waals surface area (Å²) in [6.45, 7) is 1.87. The van der Waals surface area contributed by atoms with Crippen LogP contribution in [0.15, 0.2) is 53.7 Å². The van der Waals surface area contributed by atoms with E-state index in [-0.39, 0.29) is 5.91 Å². The molecule has 0 bridgehead atoms. The van der Waals surface area contributed by atoms with Crippen molar-refractivity contribution in [1.29, 1.82) is 0 Å². The number of fused-ring (bicyclic) bond motifs is 1. The van der Waals surface area contributed by atoms with Crippen molar-refractivity contribution < 1.29 is 4.79 Å². The van der Waals surface area contributed by atoms with Crippen molar-refractivity contribution in [2.45, 2.75) is 19.5 Å². The molecule has 1 amide bonds. The van der Waals surface area contributed by atoms with Gasteiger partial charge in [-0.2, -0.15) is 0 Å². The van der Waals surface area contributed by atoms with E-state index in [4.69, 9.17) is 0 Å². The van der Waals surface area contributed by atoms with E-state index in [0.29, 0.717) is 13.1 Å². The number of nitrogens with one attached hydrogen (secondary N) is 1. The minimum atomic E-state index is 0.0307. The van der Waals surface area contributed by atoms with Gasteiger partial charge >= 0.3 is 0 Å². The fraction of sp³-hybridized carbons (Fsp3) is 0.250. The van der Waals surface area contributed by atoms with Crippen LogP contribution in [-0.4, -0.2) is 26.6 Å². The minimum absolute atomic E-state index is 0.0307. The van der Waals surface area contributed by atoms with E-state index in [0.717, 1.165) is 28.3 Å². The quantitative estimate of drug-likeness (QED) is 0.687. The molecule has 3 rings (SSSR count). The first kappa shape index (κ1) is 14.8. The predicted molar refractivity (Wildman–Crippen MR) is 89.5 cm³/mol. The van der Waals surface area contributed by atoms with Crippen molar-refractivity contribution >= 4 is 32.7 Å². The van der Waals surface area contributed by atoms with Gasteiger partial charge in [-0.05, 0) is 24.6 Å². The van der Waals surface area contributed by atoms with Crippen molar-refractivity contribution in [2.75, 3.05) is 6.54 Å². The zero-order valence-corrected chi connectivity index (χ0v) is 13.7. The molecule has 0 aliphatic heterocycles. The van der Waals surface area contributed by atoms with Gasteiger partial charge in [-0.1, -0.05) is 22.0 Å². The van der Waals surface area contributed by atoms with Crippen molar-refractivity contribution in [2.24, 2.45) is 0 Å². The van der Waals surface area contributed by atoms with Crippen LogP contribution in [0.2, 0.25) is 0 Å². The van der Waals surface area contributed by atoms with Crippen molar-refractivity contribution in [3.63, 3.8) is 0 Å². The molecule has 0 spiro atoms. The summed E-state index contributed by atoms with van der Waals surface area (Å²) in [6.07, 6.45) is 8.30. The van der Waals surface area contributed by atoms with Gasteiger partial charge in [0.25, 0.3) is 0 Å². The second kappa shape index (κ2) is 6.79. The van der Waals surface area contributed by atoms with E-state index in [9.17, 15) is 4.79 Å². The number of imidazole rings is 1. The van der Waals surface area contributed by atoms with E-state index in [1.54, 1.807) is 12.5 Å².